The van der Waals surface area contributed by atoms with Gasteiger partial charge in [0.1, 0.15) is 0 Å². The highest BCUT2D eigenvalue weighted by atomic mass is 32.2. The van der Waals surface area contributed by atoms with Gasteiger partial charge >= 0.3 is 0 Å². The van der Waals surface area contributed by atoms with Crippen LogP contribution in [-0.2, 0) is 0 Å². The molecule has 4 heteroatoms. The van der Waals surface area contributed by atoms with E-state index >= 15 is 0 Å². The maximum atomic E-state index is 10.5. The minimum Gasteiger partial charge on any atom is -0.387 e. The molecule has 2 aliphatic heterocycles. The molecular formula is C9H17NOS2. The zero-order valence-electron chi connectivity index (χ0n) is 7.79. The lowest BCUT2D eigenvalue weighted by atomic mass is 9.78. The summed E-state index contributed by atoms with van der Waals surface area (Å²) in [5.41, 5.74) is 5.40. The van der Waals surface area contributed by atoms with Crippen LogP contribution in [0.1, 0.15) is 19.3 Å². The predicted molar refractivity (Wildman–Crippen MR) is 60.4 cm³/mol. The van der Waals surface area contributed by atoms with E-state index in [1.807, 2.05) is 23.5 Å². The molecule has 2 rings (SSSR count). The van der Waals surface area contributed by atoms with E-state index in [0.717, 1.165) is 36.5 Å². The summed E-state index contributed by atoms with van der Waals surface area (Å²) in [5, 5.41) is 10.5. The van der Waals surface area contributed by atoms with Crippen molar-refractivity contribution in [2.75, 3.05) is 23.0 Å². The molecule has 2 atom stereocenters. The van der Waals surface area contributed by atoms with Gasteiger partial charge in [-0.25, -0.2) is 0 Å². The number of rotatable bonds is 1. The van der Waals surface area contributed by atoms with Crippen LogP contribution < -0.4 is 5.73 Å². The number of nitrogens with two attached hydrogens (primary N) is 1. The molecule has 0 amide bonds. The van der Waals surface area contributed by atoms with Crippen LogP contribution in [0, 0.1) is 0 Å². The van der Waals surface area contributed by atoms with Gasteiger partial charge in [0.2, 0.25) is 0 Å². The largest absolute Gasteiger partial charge is 0.387 e. The lowest BCUT2D eigenvalue weighted by molar-refractivity contribution is -0.0139. The molecule has 0 radical (unpaired) electrons. The molecule has 0 saturated carbocycles. The Balaban J connectivity index is 2.11. The molecule has 0 aromatic carbocycles. The third-order valence-electron chi connectivity index (χ3n) is 3.20. The summed E-state index contributed by atoms with van der Waals surface area (Å²) in [7, 11) is 0. The Morgan fingerprint density at radius 3 is 2.38 bits per heavy atom. The first-order chi connectivity index (χ1) is 6.16. The van der Waals surface area contributed by atoms with E-state index in [1.54, 1.807) is 0 Å². The standard InChI is InChI=1S/C9H17NOS2/c10-8(3-5-13-6-8)9(11)2-1-4-12-7-9/h11H,1-7,10H2. The first-order valence-electron chi connectivity index (χ1n) is 4.83. The first kappa shape index (κ1) is 10.1. The molecule has 0 aromatic rings. The van der Waals surface area contributed by atoms with Gasteiger partial charge in [0, 0.05) is 11.5 Å². The Hall–Kier alpha value is 0.620. The second-order valence-corrected chi connectivity index (χ2v) is 6.36. The van der Waals surface area contributed by atoms with Crippen molar-refractivity contribution in [1.82, 2.24) is 0 Å². The maximum absolute atomic E-state index is 10.5. The smallest absolute Gasteiger partial charge is 0.0924 e. The van der Waals surface area contributed by atoms with Crippen LogP contribution in [0.2, 0.25) is 0 Å². The van der Waals surface area contributed by atoms with Crippen molar-refractivity contribution in [2.45, 2.75) is 30.4 Å². The van der Waals surface area contributed by atoms with Crippen LogP contribution in [0.3, 0.4) is 0 Å². The molecule has 2 fully saturated rings. The number of thioether (sulfide) groups is 2. The van der Waals surface area contributed by atoms with E-state index < -0.39 is 5.60 Å². The van der Waals surface area contributed by atoms with Gasteiger partial charge in [-0.2, -0.15) is 23.5 Å². The Morgan fingerprint density at radius 2 is 1.85 bits per heavy atom. The van der Waals surface area contributed by atoms with Crippen molar-refractivity contribution in [3.8, 4) is 0 Å². The minimum absolute atomic E-state index is 0.301. The highest BCUT2D eigenvalue weighted by molar-refractivity contribution is 7.99. The molecule has 0 bridgehead atoms. The summed E-state index contributed by atoms with van der Waals surface area (Å²) in [6, 6.07) is 0. The van der Waals surface area contributed by atoms with Crippen molar-refractivity contribution in [3.05, 3.63) is 0 Å². The summed E-state index contributed by atoms with van der Waals surface area (Å²) in [6.45, 7) is 0. The summed E-state index contributed by atoms with van der Waals surface area (Å²) in [6.07, 6.45) is 3.00. The number of hydrogen-bond donors (Lipinski definition) is 2. The van der Waals surface area contributed by atoms with E-state index in [1.165, 1.54) is 5.75 Å². The van der Waals surface area contributed by atoms with Gasteiger partial charge in [0.15, 0.2) is 0 Å². The van der Waals surface area contributed by atoms with Gasteiger partial charge in [0.05, 0.1) is 11.1 Å². The Morgan fingerprint density at radius 1 is 1.08 bits per heavy atom. The Bertz CT molecular complexity index is 186. The first-order valence-corrected chi connectivity index (χ1v) is 7.14. The SMILES string of the molecule is NC1(C2(O)CCCSC2)CCSC1. The van der Waals surface area contributed by atoms with E-state index in [4.69, 9.17) is 5.73 Å². The lowest BCUT2D eigenvalue weighted by Crippen LogP contribution is -2.63. The van der Waals surface area contributed by atoms with Gasteiger partial charge in [-0.05, 0) is 30.8 Å². The van der Waals surface area contributed by atoms with E-state index in [2.05, 4.69) is 0 Å². The molecule has 3 N–H and O–H groups in total. The van der Waals surface area contributed by atoms with Gasteiger partial charge in [-0.1, -0.05) is 0 Å². The highest BCUT2D eigenvalue weighted by Crippen LogP contribution is 2.41. The quantitative estimate of drug-likeness (QED) is 0.693. The average molecular weight is 219 g/mol. The minimum atomic E-state index is -0.584. The molecule has 0 spiro atoms. The molecular weight excluding hydrogens is 202 g/mol. The summed E-state index contributed by atoms with van der Waals surface area (Å²) < 4.78 is 0. The van der Waals surface area contributed by atoms with Crippen LogP contribution in [0.4, 0.5) is 0 Å². The fraction of sp³-hybridized carbons (Fsp3) is 1.00. The van der Waals surface area contributed by atoms with Gasteiger partial charge in [0.25, 0.3) is 0 Å². The highest BCUT2D eigenvalue weighted by Gasteiger charge is 2.49. The van der Waals surface area contributed by atoms with Crippen LogP contribution >= 0.6 is 23.5 Å². The molecule has 2 heterocycles. The van der Waals surface area contributed by atoms with Crippen LogP contribution in [0.25, 0.3) is 0 Å². The third-order valence-corrected chi connectivity index (χ3v) is 5.67. The predicted octanol–water partition coefficient (Wildman–Crippen LogP) is 1.08. The van der Waals surface area contributed by atoms with E-state index in [-0.39, 0.29) is 5.54 Å². The molecule has 0 aliphatic carbocycles. The third kappa shape index (κ3) is 1.74. The zero-order chi connectivity index (χ0) is 9.36. The molecule has 2 aliphatic rings. The van der Waals surface area contributed by atoms with Gasteiger partial charge in [-0.3, -0.25) is 0 Å². The van der Waals surface area contributed by atoms with Crippen LogP contribution in [0.5, 0.6) is 0 Å². The molecule has 2 unspecified atom stereocenters. The normalized spacial score (nSPS) is 46.6. The monoisotopic (exact) mass is 219 g/mol. The molecule has 76 valence electrons. The second kappa shape index (κ2) is 3.65. The van der Waals surface area contributed by atoms with Gasteiger partial charge < -0.3 is 10.8 Å². The fourth-order valence-corrected chi connectivity index (χ4v) is 4.81. The van der Waals surface area contributed by atoms with Crippen LogP contribution in [0.15, 0.2) is 0 Å². The number of hydrogen-bond acceptors (Lipinski definition) is 4. The maximum Gasteiger partial charge on any atom is 0.0924 e. The molecule has 2 nitrogen and oxygen atoms in total. The van der Waals surface area contributed by atoms with E-state index in [0.29, 0.717) is 0 Å². The van der Waals surface area contributed by atoms with Crippen LogP contribution in [-0.4, -0.2) is 39.3 Å². The fourth-order valence-electron chi connectivity index (χ4n) is 2.12. The Kier molecular flexibility index (Phi) is 2.85. The zero-order valence-corrected chi connectivity index (χ0v) is 9.42. The van der Waals surface area contributed by atoms with Crippen molar-refractivity contribution < 1.29 is 5.11 Å². The lowest BCUT2D eigenvalue weighted by Gasteiger charge is -2.44. The Labute approximate surface area is 88.0 Å². The summed E-state index contributed by atoms with van der Waals surface area (Å²) in [5.74, 6) is 4.07. The summed E-state index contributed by atoms with van der Waals surface area (Å²) >= 11 is 3.73. The van der Waals surface area contributed by atoms with Crippen molar-refractivity contribution >= 4 is 23.5 Å². The number of aliphatic hydroxyl groups is 1. The average Bonchev–Trinajstić information content (AvgIpc) is 2.55. The van der Waals surface area contributed by atoms with E-state index in [9.17, 15) is 5.11 Å². The van der Waals surface area contributed by atoms with Gasteiger partial charge in [-0.15, -0.1) is 0 Å². The van der Waals surface area contributed by atoms with Crippen molar-refractivity contribution in [2.24, 2.45) is 5.73 Å². The van der Waals surface area contributed by atoms with Crippen molar-refractivity contribution in [3.63, 3.8) is 0 Å². The molecule has 13 heavy (non-hydrogen) atoms. The topological polar surface area (TPSA) is 46.2 Å². The summed E-state index contributed by atoms with van der Waals surface area (Å²) in [4.78, 5) is 0. The van der Waals surface area contributed by atoms with Crippen molar-refractivity contribution in [1.29, 1.82) is 0 Å². The molecule has 2 saturated heterocycles. The molecule has 0 aromatic heterocycles. The second-order valence-electron chi connectivity index (χ2n) is 4.15.